The number of hydrogen-bond acceptors (Lipinski definition) is 1. The zero-order valence-corrected chi connectivity index (χ0v) is 7.18. The molecule has 0 bridgehead atoms. The minimum atomic E-state index is 0.473. The molecule has 0 saturated carbocycles. The van der Waals surface area contributed by atoms with Gasteiger partial charge in [0, 0.05) is 13.0 Å². The molecule has 1 N–H and O–H groups in total. The van der Waals surface area contributed by atoms with Crippen LogP contribution in [-0.2, 0) is 0 Å². The normalized spacial score (nSPS) is 13.1. The van der Waals surface area contributed by atoms with Crippen LogP contribution in [-0.4, -0.2) is 12.9 Å². The predicted octanol–water partition coefficient (Wildman–Crippen LogP) is 1.79. The van der Waals surface area contributed by atoms with Crippen LogP contribution in [0.25, 0.3) is 0 Å². The van der Waals surface area contributed by atoms with Gasteiger partial charge in [-0.25, -0.2) is 0 Å². The van der Waals surface area contributed by atoms with Gasteiger partial charge in [0.2, 0.25) is 0 Å². The summed E-state index contributed by atoms with van der Waals surface area (Å²) < 4.78 is 0. The molecular weight excluding hydrogens is 124 g/mol. The quantitative estimate of drug-likeness (QED) is 0.459. The predicted molar refractivity (Wildman–Crippen MR) is 46.1 cm³/mol. The zero-order chi connectivity index (χ0) is 7.98. The molecule has 0 aromatic heterocycles. The van der Waals surface area contributed by atoms with Crippen molar-refractivity contribution in [1.29, 1.82) is 0 Å². The Bertz CT molecular complexity index is 134. The molecule has 10 heavy (non-hydrogen) atoms. The molecule has 0 aromatic rings. The standard InChI is InChI=1S/C8H16N2/c1-5-6-10-8(9-4)7(2)3/h5-7H,1-4H3,(H,9,10)/b6-5-. The Labute approximate surface area is 63.0 Å². The number of aliphatic imine (C=N–C) groups is 1. The SMILES string of the molecule is C/C=C\NC(=NC)C(C)C. The lowest BCUT2D eigenvalue weighted by atomic mass is 10.2. The van der Waals surface area contributed by atoms with E-state index >= 15 is 0 Å². The molecule has 0 spiro atoms. The van der Waals surface area contributed by atoms with Gasteiger partial charge in [0.15, 0.2) is 0 Å². The highest BCUT2D eigenvalue weighted by atomic mass is 15.0. The highest BCUT2D eigenvalue weighted by Crippen LogP contribution is 1.92. The fourth-order valence-corrected chi connectivity index (χ4v) is 0.658. The van der Waals surface area contributed by atoms with Crippen molar-refractivity contribution in [2.24, 2.45) is 10.9 Å². The third-order valence-corrected chi connectivity index (χ3v) is 1.19. The molecule has 2 heteroatoms. The minimum absolute atomic E-state index is 0.473. The summed E-state index contributed by atoms with van der Waals surface area (Å²) in [4.78, 5) is 4.08. The van der Waals surface area contributed by atoms with Crippen LogP contribution >= 0.6 is 0 Å². The third-order valence-electron chi connectivity index (χ3n) is 1.19. The number of amidine groups is 1. The second-order valence-corrected chi connectivity index (χ2v) is 2.41. The number of nitrogens with zero attached hydrogens (tertiary/aromatic N) is 1. The summed E-state index contributed by atoms with van der Waals surface area (Å²) in [6.07, 6.45) is 3.84. The van der Waals surface area contributed by atoms with E-state index in [4.69, 9.17) is 0 Å². The van der Waals surface area contributed by atoms with Crippen molar-refractivity contribution >= 4 is 5.84 Å². The first-order valence-electron chi connectivity index (χ1n) is 3.56. The van der Waals surface area contributed by atoms with Crippen molar-refractivity contribution < 1.29 is 0 Å². The number of rotatable bonds is 2. The first-order valence-corrected chi connectivity index (χ1v) is 3.56. The van der Waals surface area contributed by atoms with E-state index in [-0.39, 0.29) is 0 Å². The Balaban J connectivity index is 3.86. The summed E-state index contributed by atoms with van der Waals surface area (Å²) in [5.41, 5.74) is 0. The lowest BCUT2D eigenvalue weighted by molar-refractivity contribution is 0.844. The summed E-state index contributed by atoms with van der Waals surface area (Å²) in [5.74, 6) is 1.50. The molecule has 0 unspecified atom stereocenters. The average Bonchev–Trinajstić information content (AvgIpc) is 1.89. The molecular formula is C8H16N2. The number of allylic oxidation sites excluding steroid dienone is 1. The van der Waals surface area contributed by atoms with Crippen LogP contribution in [0.3, 0.4) is 0 Å². The van der Waals surface area contributed by atoms with Gasteiger partial charge in [0.1, 0.15) is 5.84 Å². The van der Waals surface area contributed by atoms with Gasteiger partial charge in [0.05, 0.1) is 0 Å². The molecule has 0 aromatic carbocycles. The van der Waals surface area contributed by atoms with Crippen molar-refractivity contribution in [3.8, 4) is 0 Å². The molecule has 58 valence electrons. The van der Waals surface area contributed by atoms with E-state index in [1.54, 1.807) is 7.05 Å². The van der Waals surface area contributed by atoms with Crippen molar-refractivity contribution in [2.45, 2.75) is 20.8 Å². The topological polar surface area (TPSA) is 24.4 Å². The van der Waals surface area contributed by atoms with Gasteiger partial charge in [-0.15, -0.1) is 0 Å². The van der Waals surface area contributed by atoms with E-state index in [9.17, 15) is 0 Å². The Hall–Kier alpha value is -0.790. The largest absolute Gasteiger partial charge is 0.351 e. The molecule has 0 heterocycles. The summed E-state index contributed by atoms with van der Waals surface area (Å²) in [7, 11) is 1.80. The fourth-order valence-electron chi connectivity index (χ4n) is 0.658. The van der Waals surface area contributed by atoms with E-state index in [1.165, 1.54) is 0 Å². The van der Waals surface area contributed by atoms with Gasteiger partial charge in [0.25, 0.3) is 0 Å². The van der Waals surface area contributed by atoms with Crippen LogP contribution in [0.15, 0.2) is 17.3 Å². The smallest absolute Gasteiger partial charge is 0.102 e. The first kappa shape index (κ1) is 9.21. The highest BCUT2D eigenvalue weighted by molar-refractivity contribution is 5.84. The Kier molecular flexibility index (Phi) is 4.63. The van der Waals surface area contributed by atoms with Crippen LogP contribution in [0, 0.1) is 5.92 Å². The molecule has 0 radical (unpaired) electrons. The molecule has 0 amide bonds. The van der Waals surface area contributed by atoms with Gasteiger partial charge >= 0.3 is 0 Å². The van der Waals surface area contributed by atoms with Crippen molar-refractivity contribution in [3.05, 3.63) is 12.3 Å². The monoisotopic (exact) mass is 140 g/mol. The van der Waals surface area contributed by atoms with Crippen molar-refractivity contribution in [2.75, 3.05) is 7.05 Å². The minimum Gasteiger partial charge on any atom is -0.351 e. The van der Waals surface area contributed by atoms with E-state index in [1.807, 2.05) is 19.2 Å². The maximum absolute atomic E-state index is 4.08. The van der Waals surface area contributed by atoms with Gasteiger partial charge < -0.3 is 5.32 Å². The zero-order valence-electron chi connectivity index (χ0n) is 7.18. The van der Waals surface area contributed by atoms with Crippen molar-refractivity contribution in [3.63, 3.8) is 0 Å². The van der Waals surface area contributed by atoms with E-state index < -0.39 is 0 Å². The summed E-state index contributed by atoms with van der Waals surface area (Å²) in [5, 5.41) is 3.09. The Morgan fingerprint density at radius 3 is 2.40 bits per heavy atom. The number of nitrogens with one attached hydrogen (secondary N) is 1. The number of hydrogen-bond donors (Lipinski definition) is 1. The summed E-state index contributed by atoms with van der Waals surface area (Å²) in [6, 6.07) is 0. The molecule has 0 aliphatic heterocycles. The maximum atomic E-state index is 4.08. The molecule has 2 nitrogen and oxygen atoms in total. The van der Waals surface area contributed by atoms with Gasteiger partial charge in [-0.05, 0) is 13.1 Å². The van der Waals surface area contributed by atoms with Crippen molar-refractivity contribution in [1.82, 2.24) is 5.32 Å². The van der Waals surface area contributed by atoms with Crippen LogP contribution in [0.4, 0.5) is 0 Å². The van der Waals surface area contributed by atoms with E-state index in [0.29, 0.717) is 5.92 Å². The van der Waals surface area contributed by atoms with E-state index in [0.717, 1.165) is 5.84 Å². The molecule has 0 rings (SSSR count). The average molecular weight is 140 g/mol. The van der Waals surface area contributed by atoms with Crippen LogP contribution < -0.4 is 5.32 Å². The fraction of sp³-hybridized carbons (Fsp3) is 0.625. The highest BCUT2D eigenvalue weighted by Gasteiger charge is 1.98. The van der Waals surface area contributed by atoms with Crippen LogP contribution in [0.5, 0.6) is 0 Å². The lowest BCUT2D eigenvalue weighted by Gasteiger charge is -2.07. The Morgan fingerprint density at radius 2 is 2.10 bits per heavy atom. The second-order valence-electron chi connectivity index (χ2n) is 2.41. The Morgan fingerprint density at radius 1 is 1.50 bits per heavy atom. The van der Waals surface area contributed by atoms with E-state index in [2.05, 4.69) is 24.2 Å². The molecule has 0 aliphatic carbocycles. The van der Waals surface area contributed by atoms with Crippen LogP contribution in [0.1, 0.15) is 20.8 Å². The van der Waals surface area contributed by atoms with Crippen LogP contribution in [0.2, 0.25) is 0 Å². The van der Waals surface area contributed by atoms with Gasteiger partial charge in [-0.1, -0.05) is 19.9 Å². The third kappa shape index (κ3) is 3.28. The lowest BCUT2D eigenvalue weighted by Crippen LogP contribution is -2.22. The molecule has 0 fully saturated rings. The van der Waals surface area contributed by atoms with Gasteiger partial charge in [-0.2, -0.15) is 0 Å². The molecule has 0 aliphatic rings. The second kappa shape index (κ2) is 5.03. The summed E-state index contributed by atoms with van der Waals surface area (Å²) >= 11 is 0. The molecule has 0 saturated heterocycles. The maximum Gasteiger partial charge on any atom is 0.102 e. The molecule has 0 atom stereocenters. The summed E-state index contributed by atoms with van der Waals surface area (Å²) in [6.45, 7) is 6.19. The first-order chi connectivity index (χ1) is 4.72. The van der Waals surface area contributed by atoms with Gasteiger partial charge in [-0.3, -0.25) is 4.99 Å².